The van der Waals surface area contributed by atoms with Crippen LogP contribution in [0.2, 0.25) is 5.02 Å². The number of likely N-dealkylation sites (N-methyl/N-ethyl adjacent to an activating group) is 1. The summed E-state index contributed by atoms with van der Waals surface area (Å²) in [5.74, 6) is -1.55. The van der Waals surface area contributed by atoms with Crippen molar-refractivity contribution >= 4 is 39.1 Å². The minimum absolute atomic E-state index is 0.0377. The van der Waals surface area contributed by atoms with Gasteiger partial charge in [-0.05, 0) is 74.9 Å². The number of carbonyl (C=O) groups excluding carboxylic acids is 2. The standard InChI is InChI=1S/C27H29ClFN3O4S/c1-4-30-27(34)20(3)31(17-21-6-5-7-22(28)16-21)26(33)18-32(24-12-8-19(2)9-13-24)37(35,36)25-14-10-23(29)11-15-25/h5-16,20H,4,17-18H2,1-3H3,(H,30,34)/t20-/m0/s1. The maximum absolute atomic E-state index is 13.7. The van der Waals surface area contributed by atoms with Crippen molar-refractivity contribution in [2.75, 3.05) is 17.4 Å². The molecule has 0 heterocycles. The number of hydrogen-bond acceptors (Lipinski definition) is 4. The smallest absolute Gasteiger partial charge is 0.264 e. The van der Waals surface area contributed by atoms with Gasteiger partial charge in [-0.25, -0.2) is 12.8 Å². The first-order chi connectivity index (χ1) is 17.5. The normalized spacial score (nSPS) is 12.0. The molecule has 0 spiro atoms. The summed E-state index contributed by atoms with van der Waals surface area (Å²) in [6.45, 7) is 5.04. The summed E-state index contributed by atoms with van der Waals surface area (Å²) >= 11 is 6.12. The van der Waals surface area contributed by atoms with Gasteiger partial charge in [-0.15, -0.1) is 0 Å². The molecular formula is C27H29ClFN3O4S. The van der Waals surface area contributed by atoms with Gasteiger partial charge in [-0.3, -0.25) is 13.9 Å². The molecule has 0 fully saturated rings. The van der Waals surface area contributed by atoms with Gasteiger partial charge in [-0.1, -0.05) is 41.4 Å². The Balaban J connectivity index is 2.02. The zero-order valence-corrected chi connectivity index (χ0v) is 22.4. The monoisotopic (exact) mass is 545 g/mol. The van der Waals surface area contributed by atoms with E-state index in [2.05, 4.69) is 5.32 Å². The number of sulfonamides is 1. The number of carbonyl (C=O) groups is 2. The Morgan fingerprint density at radius 1 is 1.03 bits per heavy atom. The lowest BCUT2D eigenvalue weighted by atomic mass is 10.1. The Hall–Kier alpha value is -3.43. The highest BCUT2D eigenvalue weighted by atomic mass is 35.5. The second kappa shape index (κ2) is 12.2. The molecule has 0 radical (unpaired) electrons. The molecule has 0 aliphatic rings. The minimum atomic E-state index is -4.25. The van der Waals surface area contributed by atoms with Crippen LogP contribution in [-0.4, -0.2) is 44.3 Å². The highest BCUT2D eigenvalue weighted by Gasteiger charge is 2.32. The molecule has 0 saturated carbocycles. The number of hydrogen-bond donors (Lipinski definition) is 1. The van der Waals surface area contributed by atoms with Crippen molar-refractivity contribution in [2.45, 2.75) is 38.3 Å². The van der Waals surface area contributed by atoms with Crippen molar-refractivity contribution in [1.82, 2.24) is 10.2 Å². The molecule has 3 aromatic carbocycles. The van der Waals surface area contributed by atoms with Crippen molar-refractivity contribution in [1.29, 1.82) is 0 Å². The molecule has 37 heavy (non-hydrogen) atoms. The van der Waals surface area contributed by atoms with Gasteiger partial charge in [0.1, 0.15) is 18.4 Å². The number of nitrogens with zero attached hydrogens (tertiary/aromatic N) is 2. The van der Waals surface area contributed by atoms with Gasteiger partial charge in [0.25, 0.3) is 10.0 Å². The summed E-state index contributed by atoms with van der Waals surface area (Å²) in [5, 5.41) is 3.17. The van der Waals surface area contributed by atoms with Crippen molar-refractivity contribution in [2.24, 2.45) is 0 Å². The van der Waals surface area contributed by atoms with Gasteiger partial charge in [0.2, 0.25) is 11.8 Å². The third kappa shape index (κ3) is 7.08. The van der Waals surface area contributed by atoms with E-state index in [0.717, 1.165) is 34.1 Å². The number of anilines is 1. The van der Waals surface area contributed by atoms with Gasteiger partial charge in [0.15, 0.2) is 0 Å². The van der Waals surface area contributed by atoms with Crippen molar-refractivity contribution in [3.63, 3.8) is 0 Å². The molecule has 0 aliphatic carbocycles. The molecule has 0 aromatic heterocycles. The molecule has 3 rings (SSSR count). The second-order valence-corrected chi connectivity index (χ2v) is 10.8. The zero-order valence-electron chi connectivity index (χ0n) is 20.8. The van der Waals surface area contributed by atoms with Crippen LogP contribution in [0.15, 0.2) is 77.7 Å². The summed E-state index contributed by atoms with van der Waals surface area (Å²) in [6, 6.07) is 17.0. The van der Waals surface area contributed by atoms with E-state index in [1.54, 1.807) is 62.4 Å². The maximum Gasteiger partial charge on any atom is 0.264 e. The lowest BCUT2D eigenvalue weighted by Crippen LogP contribution is -2.51. The van der Waals surface area contributed by atoms with Crippen molar-refractivity contribution in [3.8, 4) is 0 Å². The van der Waals surface area contributed by atoms with Crippen LogP contribution in [0.5, 0.6) is 0 Å². The van der Waals surface area contributed by atoms with Crippen LogP contribution in [0.4, 0.5) is 10.1 Å². The number of rotatable bonds is 10. The van der Waals surface area contributed by atoms with Gasteiger partial charge >= 0.3 is 0 Å². The summed E-state index contributed by atoms with van der Waals surface area (Å²) in [4.78, 5) is 27.6. The van der Waals surface area contributed by atoms with Crippen LogP contribution in [0.25, 0.3) is 0 Å². The molecular weight excluding hydrogens is 517 g/mol. The van der Waals surface area contributed by atoms with Crippen LogP contribution in [0.3, 0.4) is 0 Å². The Morgan fingerprint density at radius 3 is 2.27 bits per heavy atom. The van der Waals surface area contributed by atoms with E-state index in [4.69, 9.17) is 11.6 Å². The first-order valence-electron chi connectivity index (χ1n) is 11.7. The summed E-state index contributed by atoms with van der Waals surface area (Å²) in [7, 11) is -4.25. The van der Waals surface area contributed by atoms with Gasteiger partial charge in [-0.2, -0.15) is 0 Å². The number of benzene rings is 3. The van der Waals surface area contributed by atoms with E-state index in [0.29, 0.717) is 17.1 Å². The number of halogens is 2. The van der Waals surface area contributed by atoms with E-state index in [1.807, 2.05) is 6.92 Å². The van der Waals surface area contributed by atoms with Crippen LogP contribution in [0.1, 0.15) is 25.0 Å². The predicted octanol–water partition coefficient (Wildman–Crippen LogP) is 4.54. The molecule has 10 heteroatoms. The highest BCUT2D eigenvalue weighted by molar-refractivity contribution is 7.92. The molecule has 2 amide bonds. The van der Waals surface area contributed by atoms with Crippen molar-refractivity contribution < 1.29 is 22.4 Å². The molecule has 0 unspecified atom stereocenters. The van der Waals surface area contributed by atoms with Crippen LogP contribution in [-0.2, 0) is 26.2 Å². The largest absolute Gasteiger partial charge is 0.355 e. The Kier molecular flexibility index (Phi) is 9.29. The van der Waals surface area contributed by atoms with Crippen LogP contribution in [0, 0.1) is 12.7 Å². The van der Waals surface area contributed by atoms with Gasteiger partial charge < -0.3 is 10.2 Å². The van der Waals surface area contributed by atoms with E-state index in [9.17, 15) is 22.4 Å². The lowest BCUT2D eigenvalue weighted by molar-refractivity contribution is -0.139. The van der Waals surface area contributed by atoms with E-state index >= 15 is 0 Å². The molecule has 0 bridgehead atoms. The third-order valence-electron chi connectivity index (χ3n) is 5.76. The molecule has 7 nitrogen and oxygen atoms in total. The van der Waals surface area contributed by atoms with Crippen LogP contribution < -0.4 is 9.62 Å². The lowest BCUT2D eigenvalue weighted by Gasteiger charge is -2.32. The molecule has 3 aromatic rings. The Morgan fingerprint density at radius 2 is 1.68 bits per heavy atom. The quantitative estimate of drug-likeness (QED) is 0.405. The third-order valence-corrected chi connectivity index (χ3v) is 7.79. The Bertz CT molecular complexity index is 1350. The highest BCUT2D eigenvalue weighted by Crippen LogP contribution is 2.25. The first kappa shape index (κ1) is 28.1. The topological polar surface area (TPSA) is 86.8 Å². The van der Waals surface area contributed by atoms with Gasteiger partial charge in [0, 0.05) is 18.1 Å². The minimum Gasteiger partial charge on any atom is -0.355 e. The fourth-order valence-electron chi connectivity index (χ4n) is 3.71. The fourth-order valence-corrected chi connectivity index (χ4v) is 5.34. The van der Waals surface area contributed by atoms with Crippen molar-refractivity contribution in [3.05, 3.63) is 94.8 Å². The predicted molar refractivity (Wildman–Crippen MR) is 142 cm³/mol. The zero-order chi connectivity index (χ0) is 27.2. The molecule has 0 saturated heterocycles. The van der Waals surface area contributed by atoms with Gasteiger partial charge in [0.05, 0.1) is 10.6 Å². The van der Waals surface area contributed by atoms with Crippen LogP contribution >= 0.6 is 11.6 Å². The first-order valence-corrected chi connectivity index (χ1v) is 13.5. The number of amides is 2. The SMILES string of the molecule is CCNC(=O)[C@H](C)N(Cc1cccc(Cl)c1)C(=O)CN(c1ccc(C)cc1)S(=O)(=O)c1ccc(F)cc1. The second-order valence-electron chi connectivity index (χ2n) is 8.52. The average Bonchev–Trinajstić information content (AvgIpc) is 2.86. The summed E-state index contributed by atoms with van der Waals surface area (Å²) in [6.07, 6.45) is 0. The Labute approximate surface area is 221 Å². The van der Waals surface area contributed by atoms with E-state index in [1.165, 1.54) is 4.90 Å². The molecule has 1 atom stereocenters. The molecule has 0 aliphatic heterocycles. The molecule has 196 valence electrons. The number of nitrogens with one attached hydrogen (secondary N) is 1. The summed E-state index contributed by atoms with van der Waals surface area (Å²) < 4.78 is 41.7. The fraction of sp³-hybridized carbons (Fsp3) is 0.259. The maximum atomic E-state index is 13.7. The van der Waals surface area contributed by atoms with E-state index in [-0.39, 0.29) is 23.0 Å². The van der Waals surface area contributed by atoms with E-state index < -0.39 is 34.3 Å². The number of aryl methyl sites for hydroxylation is 1. The molecule has 1 N–H and O–H groups in total. The average molecular weight is 546 g/mol. The summed E-state index contributed by atoms with van der Waals surface area (Å²) in [5.41, 5.74) is 1.85.